The topological polar surface area (TPSA) is 61.5 Å². The van der Waals surface area contributed by atoms with Crippen molar-refractivity contribution in [3.8, 4) is 0 Å². The molecule has 1 amide bonds. The van der Waals surface area contributed by atoms with Gasteiger partial charge in [0.2, 0.25) is 0 Å². The number of benzene rings is 2. The van der Waals surface area contributed by atoms with E-state index in [9.17, 15) is 4.79 Å². The second kappa shape index (κ2) is 7.90. The lowest BCUT2D eigenvalue weighted by Crippen LogP contribution is -2.48. The molecule has 1 aliphatic rings. The first-order valence-corrected chi connectivity index (χ1v) is 9.26. The molecular weight excluding hydrogens is 340 g/mol. The smallest absolute Gasteiger partial charge is 0.254 e. The van der Waals surface area contributed by atoms with Gasteiger partial charge in [0, 0.05) is 38.9 Å². The summed E-state index contributed by atoms with van der Waals surface area (Å²) in [5.41, 5.74) is 3.74. The van der Waals surface area contributed by atoms with Crippen LogP contribution in [0.5, 0.6) is 0 Å². The zero-order valence-corrected chi connectivity index (χ0v) is 15.5. The first-order chi connectivity index (χ1) is 13.2. The molecule has 140 valence electrons. The Morgan fingerprint density at radius 1 is 1.07 bits per heavy atom. The molecule has 1 saturated heterocycles. The van der Waals surface area contributed by atoms with Crippen molar-refractivity contribution in [3.05, 3.63) is 65.5 Å². The third kappa shape index (κ3) is 3.86. The van der Waals surface area contributed by atoms with Crippen LogP contribution >= 0.6 is 0 Å². The fourth-order valence-corrected chi connectivity index (χ4v) is 3.58. The number of rotatable bonds is 5. The van der Waals surface area contributed by atoms with Crippen molar-refractivity contribution in [1.29, 1.82) is 0 Å². The van der Waals surface area contributed by atoms with E-state index < -0.39 is 0 Å². The Balaban J connectivity index is 1.38. The molecule has 0 unspecified atom stereocenters. The Morgan fingerprint density at radius 2 is 1.81 bits per heavy atom. The summed E-state index contributed by atoms with van der Waals surface area (Å²) >= 11 is 0. The van der Waals surface area contributed by atoms with Crippen LogP contribution in [0.3, 0.4) is 0 Å². The Morgan fingerprint density at radius 3 is 2.59 bits per heavy atom. The average Bonchev–Trinajstić information content (AvgIpc) is 3.11. The van der Waals surface area contributed by atoms with Gasteiger partial charge in [-0.15, -0.1) is 0 Å². The first-order valence-electron chi connectivity index (χ1n) is 9.26. The average molecular weight is 364 g/mol. The third-order valence-electron chi connectivity index (χ3n) is 5.02. The molecule has 2 aromatic carbocycles. The number of hydrogen-bond donors (Lipinski definition) is 1. The largest absolute Gasteiger partial charge is 0.380 e. The number of fused-ring (bicyclic) bond motifs is 1. The molecule has 2 heterocycles. The number of nitrogens with one attached hydrogen (secondary N) is 1. The Labute approximate surface area is 158 Å². The molecule has 1 aliphatic heterocycles. The van der Waals surface area contributed by atoms with Crippen LogP contribution in [0.4, 0.5) is 0 Å². The normalized spacial score (nSPS) is 15.4. The number of hydrogen-bond acceptors (Lipinski definition) is 4. The van der Waals surface area contributed by atoms with Crippen LogP contribution in [-0.2, 0) is 17.9 Å². The number of ether oxygens (including phenoxy) is 1. The van der Waals surface area contributed by atoms with E-state index in [0.717, 1.165) is 60.7 Å². The highest BCUT2D eigenvalue weighted by Crippen LogP contribution is 2.16. The second-order valence-electron chi connectivity index (χ2n) is 6.86. The molecule has 0 atom stereocenters. The van der Waals surface area contributed by atoms with E-state index in [1.165, 1.54) is 0 Å². The van der Waals surface area contributed by atoms with Gasteiger partial charge in [-0.25, -0.2) is 4.98 Å². The molecule has 1 N–H and O–H groups in total. The zero-order chi connectivity index (χ0) is 18.6. The Kier molecular flexibility index (Phi) is 5.18. The molecule has 1 aromatic heterocycles. The number of carbonyl (C=O) groups excluding carboxylic acids is 1. The van der Waals surface area contributed by atoms with Gasteiger partial charge in [-0.3, -0.25) is 9.69 Å². The van der Waals surface area contributed by atoms with Crippen LogP contribution in [0.1, 0.15) is 21.7 Å². The van der Waals surface area contributed by atoms with Crippen molar-refractivity contribution in [3.63, 3.8) is 0 Å². The van der Waals surface area contributed by atoms with Crippen LogP contribution < -0.4 is 0 Å². The summed E-state index contributed by atoms with van der Waals surface area (Å²) < 4.78 is 5.23. The van der Waals surface area contributed by atoms with Crippen molar-refractivity contribution in [2.24, 2.45) is 0 Å². The summed E-state index contributed by atoms with van der Waals surface area (Å²) in [6.45, 7) is 4.36. The molecule has 27 heavy (non-hydrogen) atoms. The van der Waals surface area contributed by atoms with Gasteiger partial charge in [0.25, 0.3) is 5.91 Å². The van der Waals surface area contributed by atoms with E-state index in [1.54, 1.807) is 7.11 Å². The highest BCUT2D eigenvalue weighted by molar-refractivity contribution is 5.95. The SMILES string of the molecule is COCc1ccccc1C(=O)N1CCN(Cc2nc3ccccc3[nH]2)CC1. The van der Waals surface area contributed by atoms with Crippen LogP contribution in [0.2, 0.25) is 0 Å². The monoisotopic (exact) mass is 364 g/mol. The molecule has 0 saturated carbocycles. The molecular formula is C21H24N4O2. The minimum Gasteiger partial charge on any atom is -0.380 e. The molecule has 3 aromatic rings. The predicted molar refractivity (Wildman–Crippen MR) is 104 cm³/mol. The third-order valence-corrected chi connectivity index (χ3v) is 5.02. The van der Waals surface area contributed by atoms with E-state index in [-0.39, 0.29) is 5.91 Å². The van der Waals surface area contributed by atoms with Crippen molar-refractivity contribution < 1.29 is 9.53 Å². The number of methoxy groups -OCH3 is 1. The van der Waals surface area contributed by atoms with E-state index in [0.29, 0.717) is 6.61 Å². The molecule has 0 radical (unpaired) electrons. The van der Waals surface area contributed by atoms with Gasteiger partial charge in [0.1, 0.15) is 5.82 Å². The maximum Gasteiger partial charge on any atom is 0.254 e. The number of H-pyrrole nitrogens is 1. The summed E-state index contributed by atoms with van der Waals surface area (Å²) in [5, 5.41) is 0. The Bertz CT molecular complexity index is 896. The number of aromatic amines is 1. The number of aromatic nitrogens is 2. The molecule has 0 spiro atoms. The van der Waals surface area contributed by atoms with Crippen molar-refractivity contribution in [2.45, 2.75) is 13.2 Å². The number of nitrogens with zero attached hydrogens (tertiary/aromatic N) is 3. The van der Waals surface area contributed by atoms with E-state index >= 15 is 0 Å². The lowest BCUT2D eigenvalue weighted by atomic mass is 10.1. The van der Waals surface area contributed by atoms with Gasteiger partial charge in [-0.1, -0.05) is 30.3 Å². The summed E-state index contributed by atoms with van der Waals surface area (Å²) in [6.07, 6.45) is 0. The number of imidazole rings is 1. The Hall–Kier alpha value is -2.70. The molecule has 1 fully saturated rings. The summed E-state index contributed by atoms with van der Waals surface area (Å²) in [5.74, 6) is 1.06. The number of piperazine rings is 1. The maximum absolute atomic E-state index is 12.9. The van der Waals surface area contributed by atoms with Gasteiger partial charge in [-0.2, -0.15) is 0 Å². The lowest BCUT2D eigenvalue weighted by Gasteiger charge is -2.34. The fraction of sp³-hybridized carbons (Fsp3) is 0.333. The fourth-order valence-electron chi connectivity index (χ4n) is 3.58. The van der Waals surface area contributed by atoms with Crippen LogP contribution in [0, 0.1) is 0 Å². The summed E-state index contributed by atoms with van der Waals surface area (Å²) in [4.78, 5) is 25.2. The highest BCUT2D eigenvalue weighted by atomic mass is 16.5. The standard InChI is InChI=1S/C21H24N4O2/c1-27-15-16-6-2-3-7-17(16)21(26)25-12-10-24(11-13-25)14-20-22-18-8-4-5-9-19(18)23-20/h2-9H,10-15H2,1H3,(H,22,23). The summed E-state index contributed by atoms with van der Waals surface area (Å²) in [6, 6.07) is 15.8. The number of carbonyl (C=O) groups is 1. The van der Waals surface area contributed by atoms with Crippen LogP contribution in [0.15, 0.2) is 48.5 Å². The zero-order valence-electron chi connectivity index (χ0n) is 15.5. The number of amides is 1. The molecule has 6 heteroatoms. The van der Waals surface area contributed by atoms with E-state index in [1.807, 2.05) is 53.4 Å². The van der Waals surface area contributed by atoms with Crippen LogP contribution in [0.25, 0.3) is 11.0 Å². The van der Waals surface area contributed by atoms with E-state index in [2.05, 4.69) is 14.9 Å². The lowest BCUT2D eigenvalue weighted by molar-refractivity contribution is 0.0621. The van der Waals surface area contributed by atoms with Gasteiger partial charge >= 0.3 is 0 Å². The van der Waals surface area contributed by atoms with Gasteiger partial charge in [0.15, 0.2) is 0 Å². The van der Waals surface area contributed by atoms with Gasteiger partial charge in [0.05, 0.1) is 24.2 Å². The highest BCUT2D eigenvalue weighted by Gasteiger charge is 2.24. The van der Waals surface area contributed by atoms with E-state index in [4.69, 9.17) is 4.74 Å². The van der Waals surface area contributed by atoms with Crippen molar-refractivity contribution >= 4 is 16.9 Å². The minimum absolute atomic E-state index is 0.0889. The number of para-hydroxylation sites is 2. The predicted octanol–water partition coefficient (Wildman–Crippen LogP) is 2.67. The van der Waals surface area contributed by atoms with Crippen molar-refractivity contribution in [2.75, 3.05) is 33.3 Å². The van der Waals surface area contributed by atoms with Gasteiger partial charge in [-0.05, 0) is 23.8 Å². The molecule has 4 rings (SSSR count). The quantitative estimate of drug-likeness (QED) is 0.756. The maximum atomic E-state index is 12.9. The second-order valence-corrected chi connectivity index (χ2v) is 6.86. The minimum atomic E-state index is 0.0889. The summed E-state index contributed by atoms with van der Waals surface area (Å²) in [7, 11) is 1.65. The van der Waals surface area contributed by atoms with Crippen LogP contribution in [-0.4, -0.2) is 59.0 Å². The molecule has 6 nitrogen and oxygen atoms in total. The first kappa shape index (κ1) is 17.7. The van der Waals surface area contributed by atoms with Gasteiger partial charge < -0.3 is 14.6 Å². The molecule has 0 aliphatic carbocycles. The molecule has 0 bridgehead atoms. The van der Waals surface area contributed by atoms with Crippen molar-refractivity contribution in [1.82, 2.24) is 19.8 Å².